The number of hydrogen-bond acceptors (Lipinski definition) is 5. The standard InChI is InChI=1S/C13H22N4O/c1-10-15-12(14-6-7-18)8-13(16-10)17(2)9-11-4-3-5-11/h8,11,18H,3-7,9H2,1-2H3,(H,14,15,16). The smallest absolute Gasteiger partial charge is 0.134 e. The molecular formula is C13H22N4O. The van der Waals surface area contributed by atoms with Gasteiger partial charge in [0.1, 0.15) is 17.5 Å². The van der Waals surface area contributed by atoms with Gasteiger partial charge in [-0.2, -0.15) is 0 Å². The van der Waals surface area contributed by atoms with Gasteiger partial charge < -0.3 is 15.3 Å². The maximum absolute atomic E-state index is 8.82. The largest absolute Gasteiger partial charge is 0.395 e. The van der Waals surface area contributed by atoms with Gasteiger partial charge in [0, 0.05) is 26.2 Å². The van der Waals surface area contributed by atoms with Crippen molar-refractivity contribution < 1.29 is 5.11 Å². The number of aryl methyl sites for hydroxylation is 1. The molecule has 0 bridgehead atoms. The van der Waals surface area contributed by atoms with Crippen molar-refractivity contribution in [2.75, 3.05) is 37.0 Å². The van der Waals surface area contributed by atoms with E-state index in [2.05, 4.69) is 27.2 Å². The number of rotatable bonds is 6. The summed E-state index contributed by atoms with van der Waals surface area (Å²) >= 11 is 0. The summed E-state index contributed by atoms with van der Waals surface area (Å²) in [7, 11) is 2.08. The fourth-order valence-electron chi connectivity index (χ4n) is 2.18. The average Bonchev–Trinajstić information content (AvgIpc) is 2.30. The van der Waals surface area contributed by atoms with E-state index in [1.54, 1.807) is 0 Å². The van der Waals surface area contributed by atoms with Gasteiger partial charge in [-0.15, -0.1) is 0 Å². The lowest BCUT2D eigenvalue weighted by Gasteiger charge is -2.30. The zero-order valence-electron chi connectivity index (χ0n) is 11.2. The van der Waals surface area contributed by atoms with Crippen molar-refractivity contribution in [3.05, 3.63) is 11.9 Å². The molecule has 1 saturated carbocycles. The molecule has 1 aromatic rings. The second-order valence-electron chi connectivity index (χ2n) is 4.99. The van der Waals surface area contributed by atoms with E-state index in [4.69, 9.17) is 5.11 Å². The van der Waals surface area contributed by atoms with E-state index in [9.17, 15) is 0 Å². The molecule has 0 atom stereocenters. The Morgan fingerprint density at radius 1 is 1.44 bits per heavy atom. The topological polar surface area (TPSA) is 61.3 Å². The molecule has 5 heteroatoms. The molecule has 1 fully saturated rings. The molecule has 2 rings (SSSR count). The van der Waals surface area contributed by atoms with Gasteiger partial charge in [-0.3, -0.25) is 0 Å². The highest BCUT2D eigenvalue weighted by Crippen LogP contribution is 2.28. The highest BCUT2D eigenvalue weighted by Gasteiger charge is 2.20. The van der Waals surface area contributed by atoms with Crippen LogP contribution >= 0.6 is 0 Å². The Hall–Kier alpha value is -1.36. The van der Waals surface area contributed by atoms with Crippen LogP contribution in [0.1, 0.15) is 25.1 Å². The van der Waals surface area contributed by atoms with Crippen molar-refractivity contribution in [3.8, 4) is 0 Å². The number of anilines is 2. The average molecular weight is 250 g/mol. The zero-order chi connectivity index (χ0) is 13.0. The first-order chi connectivity index (χ1) is 8.69. The lowest BCUT2D eigenvalue weighted by atomic mass is 9.85. The summed E-state index contributed by atoms with van der Waals surface area (Å²) in [4.78, 5) is 11.0. The Morgan fingerprint density at radius 2 is 2.22 bits per heavy atom. The first-order valence-electron chi connectivity index (χ1n) is 6.60. The Bertz CT molecular complexity index is 393. The molecule has 0 amide bonds. The van der Waals surface area contributed by atoms with Crippen LogP contribution in [0, 0.1) is 12.8 Å². The van der Waals surface area contributed by atoms with Crippen LogP contribution < -0.4 is 10.2 Å². The Morgan fingerprint density at radius 3 is 2.83 bits per heavy atom. The number of nitrogens with one attached hydrogen (secondary N) is 1. The van der Waals surface area contributed by atoms with E-state index >= 15 is 0 Å². The van der Waals surface area contributed by atoms with Crippen LogP contribution in [0.5, 0.6) is 0 Å². The minimum absolute atomic E-state index is 0.107. The lowest BCUT2D eigenvalue weighted by molar-refractivity contribution is 0.311. The van der Waals surface area contributed by atoms with Crippen molar-refractivity contribution in [1.29, 1.82) is 0 Å². The van der Waals surface area contributed by atoms with Crippen molar-refractivity contribution >= 4 is 11.6 Å². The third-order valence-electron chi connectivity index (χ3n) is 3.39. The predicted molar refractivity (Wildman–Crippen MR) is 73.0 cm³/mol. The van der Waals surface area contributed by atoms with Crippen LogP contribution in [0.25, 0.3) is 0 Å². The molecule has 0 aliphatic heterocycles. The first kappa shape index (κ1) is 13.1. The highest BCUT2D eigenvalue weighted by atomic mass is 16.3. The van der Waals surface area contributed by atoms with Gasteiger partial charge in [-0.05, 0) is 25.7 Å². The number of aliphatic hydroxyl groups is 1. The number of aliphatic hydroxyl groups excluding tert-OH is 1. The van der Waals surface area contributed by atoms with Crippen LogP contribution in [0.2, 0.25) is 0 Å². The van der Waals surface area contributed by atoms with Gasteiger partial charge in [0.15, 0.2) is 0 Å². The Labute approximate surface area is 108 Å². The molecular weight excluding hydrogens is 228 g/mol. The van der Waals surface area contributed by atoms with Crippen molar-refractivity contribution in [3.63, 3.8) is 0 Å². The minimum atomic E-state index is 0.107. The fraction of sp³-hybridized carbons (Fsp3) is 0.692. The quantitative estimate of drug-likeness (QED) is 0.799. The molecule has 2 N–H and O–H groups in total. The molecule has 0 saturated heterocycles. The van der Waals surface area contributed by atoms with Gasteiger partial charge in [0.2, 0.25) is 0 Å². The van der Waals surface area contributed by atoms with Gasteiger partial charge in [0.25, 0.3) is 0 Å². The minimum Gasteiger partial charge on any atom is -0.395 e. The summed E-state index contributed by atoms with van der Waals surface area (Å²) in [6, 6.07) is 1.95. The number of hydrogen-bond donors (Lipinski definition) is 2. The van der Waals surface area contributed by atoms with Crippen LogP contribution in [0.4, 0.5) is 11.6 Å². The van der Waals surface area contributed by atoms with E-state index in [0.717, 1.165) is 29.9 Å². The van der Waals surface area contributed by atoms with Crippen molar-refractivity contribution in [1.82, 2.24) is 9.97 Å². The molecule has 100 valence electrons. The molecule has 1 aliphatic rings. The van der Waals surface area contributed by atoms with Crippen LogP contribution in [0.3, 0.4) is 0 Å². The van der Waals surface area contributed by atoms with Gasteiger partial charge in [0.05, 0.1) is 6.61 Å². The fourth-order valence-corrected chi connectivity index (χ4v) is 2.18. The summed E-state index contributed by atoms with van der Waals surface area (Å²) < 4.78 is 0. The third kappa shape index (κ3) is 3.32. The van der Waals surface area contributed by atoms with E-state index in [1.807, 2.05) is 13.0 Å². The molecule has 0 unspecified atom stereocenters. The van der Waals surface area contributed by atoms with E-state index in [1.165, 1.54) is 19.3 Å². The van der Waals surface area contributed by atoms with E-state index < -0.39 is 0 Å². The molecule has 1 aliphatic carbocycles. The number of aromatic nitrogens is 2. The Balaban J connectivity index is 2.03. The van der Waals surface area contributed by atoms with Gasteiger partial charge in [-0.25, -0.2) is 9.97 Å². The molecule has 5 nitrogen and oxygen atoms in total. The molecule has 0 spiro atoms. The summed E-state index contributed by atoms with van der Waals surface area (Å²) in [5.74, 6) is 3.31. The summed E-state index contributed by atoms with van der Waals surface area (Å²) in [5, 5.41) is 11.9. The van der Waals surface area contributed by atoms with Gasteiger partial charge in [-0.1, -0.05) is 6.42 Å². The molecule has 1 aromatic heterocycles. The highest BCUT2D eigenvalue weighted by molar-refractivity contribution is 5.49. The van der Waals surface area contributed by atoms with Crippen molar-refractivity contribution in [2.45, 2.75) is 26.2 Å². The Kier molecular flexibility index (Phi) is 4.36. The SMILES string of the molecule is Cc1nc(NCCO)cc(N(C)CC2CCC2)n1. The van der Waals surface area contributed by atoms with Gasteiger partial charge >= 0.3 is 0 Å². The molecule has 18 heavy (non-hydrogen) atoms. The summed E-state index contributed by atoms with van der Waals surface area (Å²) in [6.07, 6.45) is 4.04. The van der Waals surface area contributed by atoms with Crippen molar-refractivity contribution in [2.24, 2.45) is 5.92 Å². The third-order valence-corrected chi connectivity index (χ3v) is 3.39. The maximum atomic E-state index is 8.82. The van der Waals surface area contributed by atoms with Crippen LogP contribution in [0.15, 0.2) is 6.07 Å². The van der Waals surface area contributed by atoms with Crippen LogP contribution in [-0.2, 0) is 0 Å². The summed E-state index contributed by atoms with van der Waals surface area (Å²) in [5.41, 5.74) is 0. The predicted octanol–water partition coefficient (Wildman–Crippen LogP) is 1.43. The summed E-state index contributed by atoms with van der Waals surface area (Å²) in [6.45, 7) is 3.58. The maximum Gasteiger partial charge on any atom is 0.134 e. The van der Waals surface area contributed by atoms with E-state index in [0.29, 0.717) is 6.54 Å². The molecule has 0 aromatic carbocycles. The lowest BCUT2D eigenvalue weighted by Crippen LogP contribution is -2.30. The first-order valence-corrected chi connectivity index (χ1v) is 6.60. The molecule has 1 heterocycles. The number of nitrogens with zero attached hydrogens (tertiary/aromatic N) is 3. The zero-order valence-corrected chi connectivity index (χ0v) is 11.2. The van der Waals surface area contributed by atoms with E-state index in [-0.39, 0.29) is 6.61 Å². The second kappa shape index (κ2) is 6.00. The monoisotopic (exact) mass is 250 g/mol. The normalized spacial score (nSPS) is 15.3. The second-order valence-corrected chi connectivity index (χ2v) is 4.99. The molecule has 0 radical (unpaired) electrons. The van der Waals surface area contributed by atoms with Crippen LogP contribution in [-0.4, -0.2) is 41.8 Å².